The third kappa shape index (κ3) is 4.22. The molecule has 0 spiro atoms. The quantitative estimate of drug-likeness (QED) is 0.813. The van der Waals surface area contributed by atoms with Crippen LogP contribution in [-0.4, -0.2) is 15.5 Å². The summed E-state index contributed by atoms with van der Waals surface area (Å²) in [6.07, 6.45) is 5.71. The molecule has 2 rings (SSSR count). The van der Waals surface area contributed by atoms with Gasteiger partial charge in [0, 0.05) is 38.4 Å². The van der Waals surface area contributed by atoms with Gasteiger partial charge in [-0.25, -0.2) is 4.98 Å². The van der Waals surface area contributed by atoms with Gasteiger partial charge in [-0.15, -0.1) is 0 Å². The van der Waals surface area contributed by atoms with Crippen molar-refractivity contribution in [2.45, 2.75) is 26.1 Å². The van der Waals surface area contributed by atoms with Gasteiger partial charge in [0.25, 0.3) is 0 Å². The van der Waals surface area contributed by atoms with Crippen molar-refractivity contribution >= 4 is 5.91 Å². The average Bonchev–Trinajstić information content (AvgIpc) is 2.96. The first kappa shape index (κ1) is 13.3. The Kier molecular flexibility index (Phi) is 4.69. The van der Waals surface area contributed by atoms with Crippen LogP contribution in [0.3, 0.4) is 0 Å². The maximum Gasteiger partial charge on any atom is 0.222 e. The summed E-state index contributed by atoms with van der Waals surface area (Å²) in [5.74, 6) is 0.0385. The number of hydrogen-bond donors (Lipinski definition) is 2. The van der Waals surface area contributed by atoms with E-state index in [9.17, 15) is 4.79 Å². The lowest BCUT2D eigenvalue weighted by Gasteiger charge is -2.06. The van der Waals surface area contributed by atoms with Gasteiger partial charge < -0.3 is 15.6 Å². The lowest BCUT2D eigenvalue weighted by molar-refractivity contribution is -0.121. The van der Waals surface area contributed by atoms with Crippen LogP contribution in [0, 0.1) is 0 Å². The first-order valence-electron chi connectivity index (χ1n) is 6.28. The number of nitrogens with zero attached hydrogens (tertiary/aromatic N) is 2. The van der Waals surface area contributed by atoms with E-state index in [1.165, 1.54) is 0 Å². The van der Waals surface area contributed by atoms with Crippen molar-refractivity contribution in [2.24, 2.45) is 5.73 Å². The number of hydrogen-bond acceptors (Lipinski definition) is 3. The lowest BCUT2D eigenvalue weighted by atomic mass is 10.1. The van der Waals surface area contributed by atoms with Gasteiger partial charge in [0.05, 0.1) is 6.33 Å². The predicted molar refractivity (Wildman–Crippen MR) is 73.0 cm³/mol. The zero-order valence-corrected chi connectivity index (χ0v) is 10.7. The van der Waals surface area contributed by atoms with E-state index in [-0.39, 0.29) is 5.91 Å². The van der Waals surface area contributed by atoms with Crippen LogP contribution in [0.15, 0.2) is 43.0 Å². The number of benzene rings is 1. The first-order chi connectivity index (χ1) is 9.28. The molecule has 1 amide bonds. The van der Waals surface area contributed by atoms with Crippen LogP contribution in [0.25, 0.3) is 0 Å². The monoisotopic (exact) mass is 258 g/mol. The second-order valence-electron chi connectivity index (χ2n) is 4.35. The van der Waals surface area contributed by atoms with Gasteiger partial charge >= 0.3 is 0 Å². The van der Waals surface area contributed by atoms with Crippen LogP contribution in [-0.2, 0) is 24.4 Å². The average molecular weight is 258 g/mol. The fraction of sp³-hybridized carbons (Fsp3) is 0.286. The second-order valence-corrected chi connectivity index (χ2v) is 4.35. The number of nitrogens with two attached hydrogens (primary N) is 1. The molecule has 0 aliphatic heterocycles. The molecule has 1 aromatic carbocycles. The minimum atomic E-state index is 0.0385. The Balaban J connectivity index is 1.73. The third-order valence-electron chi connectivity index (χ3n) is 2.90. The molecule has 0 fully saturated rings. The maximum atomic E-state index is 11.7. The Labute approximate surface area is 112 Å². The Bertz CT molecular complexity index is 505. The topological polar surface area (TPSA) is 72.9 Å². The number of nitrogens with one attached hydrogen (secondary N) is 1. The normalized spacial score (nSPS) is 10.4. The summed E-state index contributed by atoms with van der Waals surface area (Å²) >= 11 is 0. The molecule has 0 atom stereocenters. The minimum Gasteiger partial charge on any atom is -0.352 e. The molecule has 0 radical (unpaired) electrons. The Morgan fingerprint density at radius 2 is 2.00 bits per heavy atom. The summed E-state index contributed by atoms with van der Waals surface area (Å²) in [4.78, 5) is 15.6. The van der Waals surface area contributed by atoms with Gasteiger partial charge in [0.2, 0.25) is 5.91 Å². The Morgan fingerprint density at radius 1 is 1.26 bits per heavy atom. The molecule has 2 aromatic rings. The van der Waals surface area contributed by atoms with Crippen molar-refractivity contribution in [3.8, 4) is 0 Å². The van der Waals surface area contributed by atoms with Crippen LogP contribution >= 0.6 is 0 Å². The van der Waals surface area contributed by atoms with Gasteiger partial charge in [0.15, 0.2) is 0 Å². The van der Waals surface area contributed by atoms with Crippen LogP contribution in [0.5, 0.6) is 0 Å². The van der Waals surface area contributed by atoms with Crippen molar-refractivity contribution < 1.29 is 4.79 Å². The molecule has 19 heavy (non-hydrogen) atoms. The molecule has 5 nitrogen and oxygen atoms in total. The SMILES string of the molecule is NCc1ccc(CNC(=O)CCn2ccnc2)cc1. The molecular formula is C14H18N4O. The Hall–Kier alpha value is -2.14. The second kappa shape index (κ2) is 6.70. The van der Waals surface area contributed by atoms with Gasteiger partial charge in [-0.2, -0.15) is 0 Å². The minimum absolute atomic E-state index is 0.0385. The van der Waals surface area contributed by atoms with Crippen molar-refractivity contribution in [3.63, 3.8) is 0 Å². The van der Waals surface area contributed by atoms with Crippen molar-refractivity contribution in [1.29, 1.82) is 0 Å². The molecule has 0 unspecified atom stereocenters. The number of amides is 1. The molecule has 0 saturated carbocycles. The molecule has 0 aliphatic rings. The Morgan fingerprint density at radius 3 is 2.63 bits per heavy atom. The zero-order valence-electron chi connectivity index (χ0n) is 10.7. The summed E-state index contributed by atoms with van der Waals surface area (Å²) in [6.45, 7) is 1.74. The molecule has 0 aliphatic carbocycles. The highest BCUT2D eigenvalue weighted by atomic mass is 16.1. The van der Waals surface area contributed by atoms with Gasteiger partial charge in [0.1, 0.15) is 0 Å². The highest BCUT2D eigenvalue weighted by molar-refractivity contribution is 5.75. The molecule has 5 heteroatoms. The van der Waals surface area contributed by atoms with E-state index in [1.807, 2.05) is 35.0 Å². The van der Waals surface area contributed by atoms with E-state index >= 15 is 0 Å². The summed E-state index contributed by atoms with van der Waals surface area (Å²) in [5, 5.41) is 2.89. The number of imidazole rings is 1. The number of aromatic nitrogens is 2. The van der Waals surface area contributed by atoms with Crippen LogP contribution in [0.2, 0.25) is 0 Å². The smallest absolute Gasteiger partial charge is 0.222 e. The molecule has 0 saturated heterocycles. The predicted octanol–water partition coefficient (Wildman–Crippen LogP) is 1.05. The molecule has 100 valence electrons. The number of carbonyl (C=O) groups excluding carboxylic acids is 1. The fourth-order valence-electron chi connectivity index (χ4n) is 1.73. The summed E-state index contributed by atoms with van der Waals surface area (Å²) in [6, 6.07) is 7.93. The van der Waals surface area contributed by atoms with E-state index in [4.69, 9.17) is 5.73 Å². The largest absolute Gasteiger partial charge is 0.352 e. The van der Waals surface area contributed by atoms with Crippen molar-refractivity contribution in [1.82, 2.24) is 14.9 Å². The van der Waals surface area contributed by atoms with Crippen molar-refractivity contribution in [3.05, 3.63) is 54.1 Å². The van der Waals surface area contributed by atoms with Crippen LogP contribution in [0.4, 0.5) is 0 Å². The van der Waals surface area contributed by atoms with Gasteiger partial charge in [-0.1, -0.05) is 24.3 Å². The summed E-state index contributed by atoms with van der Waals surface area (Å²) in [5.41, 5.74) is 7.70. The number of rotatable bonds is 6. The standard InChI is InChI=1S/C14H18N4O/c15-9-12-1-3-13(4-2-12)10-17-14(19)5-7-18-8-6-16-11-18/h1-4,6,8,11H,5,7,9-10,15H2,(H,17,19). The zero-order chi connectivity index (χ0) is 13.5. The van der Waals surface area contributed by atoms with E-state index in [2.05, 4.69) is 10.3 Å². The van der Waals surface area contributed by atoms with E-state index in [1.54, 1.807) is 12.5 Å². The fourth-order valence-corrected chi connectivity index (χ4v) is 1.73. The van der Waals surface area contributed by atoms with Crippen molar-refractivity contribution in [2.75, 3.05) is 0 Å². The summed E-state index contributed by atoms with van der Waals surface area (Å²) in [7, 11) is 0. The highest BCUT2D eigenvalue weighted by Crippen LogP contribution is 2.03. The lowest BCUT2D eigenvalue weighted by Crippen LogP contribution is -2.23. The van der Waals surface area contributed by atoms with Gasteiger partial charge in [-0.3, -0.25) is 4.79 Å². The molecule has 1 heterocycles. The van der Waals surface area contributed by atoms with Crippen LogP contribution in [0.1, 0.15) is 17.5 Å². The maximum absolute atomic E-state index is 11.7. The molecule has 1 aromatic heterocycles. The molecular weight excluding hydrogens is 240 g/mol. The third-order valence-corrected chi connectivity index (χ3v) is 2.90. The molecule has 3 N–H and O–H groups in total. The van der Waals surface area contributed by atoms with Gasteiger partial charge in [-0.05, 0) is 11.1 Å². The van der Waals surface area contributed by atoms with E-state index in [0.29, 0.717) is 26.1 Å². The first-order valence-corrected chi connectivity index (χ1v) is 6.28. The van der Waals surface area contributed by atoms with E-state index < -0.39 is 0 Å². The highest BCUT2D eigenvalue weighted by Gasteiger charge is 2.01. The number of carbonyl (C=O) groups is 1. The summed E-state index contributed by atoms with van der Waals surface area (Å²) < 4.78 is 1.88. The van der Waals surface area contributed by atoms with Crippen LogP contribution < -0.4 is 11.1 Å². The van der Waals surface area contributed by atoms with E-state index in [0.717, 1.165) is 11.1 Å². The molecule has 0 bridgehead atoms. The number of aryl methyl sites for hydroxylation is 1.